The molecule has 2 aromatic rings. The minimum atomic E-state index is -0.509. The van der Waals surface area contributed by atoms with Gasteiger partial charge in [-0.15, -0.1) is 0 Å². The molecule has 7 nitrogen and oxygen atoms in total. The summed E-state index contributed by atoms with van der Waals surface area (Å²) in [4.78, 5) is 22.0. The molecular weight excluding hydrogens is 298 g/mol. The highest BCUT2D eigenvalue weighted by molar-refractivity contribution is 5.86. The Morgan fingerprint density at radius 3 is 2.70 bits per heavy atom. The van der Waals surface area contributed by atoms with Crippen molar-refractivity contribution in [3.05, 3.63) is 69.8 Å². The van der Waals surface area contributed by atoms with Gasteiger partial charge in [-0.05, 0) is 11.6 Å². The fourth-order valence-corrected chi connectivity index (χ4v) is 1.93. The van der Waals surface area contributed by atoms with E-state index in [0.717, 1.165) is 5.56 Å². The molecule has 0 saturated heterocycles. The standard InChI is InChI=1S/C16H15N3O4/c1-23-15-8-7-14(19(21)22)10-13(15)11-17-18-16(20)9-12-5-3-2-4-6-12/h2-8,10-11H,9H2,1H3,(H,18,20)/b17-11+. The van der Waals surface area contributed by atoms with Gasteiger partial charge in [0.1, 0.15) is 5.75 Å². The molecule has 0 aromatic heterocycles. The molecule has 0 radical (unpaired) electrons. The summed E-state index contributed by atoms with van der Waals surface area (Å²) in [7, 11) is 1.45. The molecule has 0 unspecified atom stereocenters. The number of rotatable bonds is 6. The van der Waals surface area contributed by atoms with E-state index in [1.165, 1.54) is 31.5 Å². The summed E-state index contributed by atoms with van der Waals surface area (Å²) < 4.78 is 5.11. The average Bonchev–Trinajstić information content (AvgIpc) is 2.55. The first-order valence-electron chi connectivity index (χ1n) is 6.78. The largest absolute Gasteiger partial charge is 0.496 e. The van der Waals surface area contributed by atoms with Gasteiger partial charge in [0.25, 0.3) is 5.69 Å². The molecule has 0 aliphatic carbocycles. The third-order valence-electron chi connectivity index (χ3n) is 3.02. The number of ether oxygens (including phenoxy) is 1. The molecule has 2 rings (SSSR count). The number of hydrazone groups is 1. The van der Waals surface area contributed by atoms with E-state index in [0.29, 0.717) is 11.3 Å². The van der Waals surface area contributed by atoms with E-state index in [4.69, 9.17) is 4.74 Å². The van der Waals surface area contributed by atoms with Crippen molar-refractivity contribution in [2.75, 3.05) is 7.11 Å². The number of nitro groups is 1. The van der Waals surface area contributed by atoms with Crippen LogP contribution in [0.1, 0.15) is 11.1 Å². The maximum Gasteiger partial charge on any atom is 0.270 e. The lowest BCUT2D eigenvalue weighted by Crippen LogP contribution is -2.19. The number of nitrogens with zero attached hydrogens (tertiary/aromatic N) is 2. The second-order valence-corrected chi connectivity index (χ2v) is 4.64. The predicted octanol–water partition coefficient (Wildman–Crippen LogP) is 2.30. The highest BCUT2D eigenvalue weighted by Gasteiger charge is 2.10. The first-order chi connectivity index (χ1) is 11.1. The van der Waals surface area contributed by atoms with Gasteiger partial charge < -0.3 is 4.74 Å². The Bertz CT molecular complexity index is 729. The summed E-state index contributed by atoms with van der Waals surface area (Å²) in [5, 5.41) is 14.6. The molecule has 0 heterocycles. The van der Waals surface area contributed by atoms with Gasteiger partial charge in [-0.25, -0.2) is 5.43 Å². The van der Waals surface area contributed by atoms with Crippen molar-refractivity contribution in [1.29, 1.82) is 0 Å². The van der Waals surface area contributed by atoms with Gasteiger partial charge in [0.15, 0.2) is 0 Å². The van der Waals surface area contributed by atoms with Gasteiger partial charge >= 0.3 is 0 Å². The van der Waals surface area contributed by atoms with Crippen molar-refractivity contribution < 1.29 is 14.5 Å². The Morgan fingerprint density at radius 2 is 2.04 bits per heavy atom. The molecule has 0 aliphatic heterocycles. The Labute approximate surface area is 132 Å². The molecule has 118 valence electrons. The Hall–Kier alpha value is -3.22. The Balaban J connectivity index is 2.03. The molecule has 1 N–H and O–H groups in total. The van der Waals surface area contributed by atoms with Crippen molar-refractivity contribution in [1.82, 2.24) is 5.43 Å². The Kier molecular flexibility index (Phi) is 5.40. The SMILES string of the molecule is COc1ccc([N+](=O)[O-])cc1/C=N/NC(=O)Cc1ccccc1. The van der Waals surface area contributed by atoms with Crippen LogP contribution in [-0.2, 0) is 11.2 Å². The number of hydrogen-bond acceptors (Lipinski definition) is 5. The minimum Gasteiger partial charge on any atom is -0.496 e. The van der Waals surface area contributed by atoms with Crippen molar-refractivity contribution in [3.63, 3.8) is 0 Å². The quantitative estimate of drug-likeness (QED) is 0.503. The topological polar surface area (TPSA) is 93.8 Å². The number of carbonyl (C=O) groups excluding carboxylic acids is 1. The lowest BCUT2D eigenvalue weighted by Gasteiger charge is -2.04. The lowest BCUT2D eigenvalue weighted by molar-refractivity contribution is -0.384. The molecule has 0 saturated carbocycles. The Morgan fingerprint density at radius 1 is 1.30 bits per heavy atom. The molecule has 23 heavy (non-hydrogen) atoms. The zero-order valence-corrected chi connectivity index (χ0v) is 12.4. The van der Waals surface area contributed by atoms with Crippen molar-refractivity contribution in [2.45, 2.75) is 6.42 Å². The molecule has 1 amide bonds. The molecule has 7 heteroatoms. The summed E-state index contributed by atoms with van der Waals surface area (Å²) in [6.45, 7) is 0. The van der Waals surface area contributed by atoms with Gasteiger partial charge in [0.05, 0.1) is 24.7 Å². The summed E-state index contributed by atoms with van der Waals surface area (Å²) in [5.74, 6) is 0.147. The van der Waals surface area contributed by atoms with Crippen LogP contribution in [0, 0.1) is 10.1 Å². The highest BCUT2D eigenvalue weighted by Crippen LogP contribution is 2.22. The van der Waals surface area contributed by atoms with Gasteiger partial charge in [0, 0.05) is 17.7 Å². The normalized spacial score (nSPS) is 10.5. The van der Waals surface area contributed by atoms with Crippen LogP contribution in [0.2, 0.25) is 0 Å². The van der Waals surface area contributed by atoms with Crippen LogP contribution in [0.15, 0.2) is 53.6 Å². The summed E-state index contributed by atoms with van der Waals surface area (Å²) in [6.07, 6.45) is 1.51. The minimum absolute atomic E-state index is 0.0807. The van der Waals surface area contributed by atoms with Crippen LogP contribution in [0.25, 0.3) is 0 Å². The third kappa shape index (κ3) is 4.63. The van der Waals surface area contributed by atoms with Crippen LogP contribution in [-0.4, -0.2) is 24.2 Å². The number of nitro benzene ring substituents is 1. The van der Waals surface area contributed by atoms with Crippen molar-refractivity contribution in [3.8, 4) is 5.75 Å². The highest BCUT2D eigenvalue weighted by atomic mass is 16.6. The molecule has 2 aromatic carbocycles. The predicted molar refractivity (Wildman–Crippen MR) is 85.5 cm³/mol. The van der Waals surface area contributed by atoms with Crippen LogP contribution < -0.4 is 10.2 Å². The number of non-ortho nitro benzene ring substituents is 1. The number of methoxy groups -OCH3 is 1. The van der Waals surface area contributed by atoms with Crippen molar-refractivity contribution >= 4 is 17.8 Å². The molecule has 0 spiro atoms. The maximum absolute atomic E-state index is 11.8. The van der Waals surface area contributed by atoms with E-state index in [-0.39, 0.29) is 18.0 Å². The van der Waals surface area contributed by atoms with E-state index in [1.54, 1.807) is 0 Å². The smallest absolute Gasteiger partial charge is 0.270 e. The second kappa shape index (κ2) is 7.69. The first kappa shape index (κ1) is 16.2. The number of hydrogen-bond donors (Lipinski definition) is 1. The number of carbonyl (C=O) groups is 1. The van der Waals surface area contributed by atoms with Gasteiger partial charge in [0.2, 0.25) is 5.91 Å². The molecule has 0 fully saturated rings. The molecule has 0 aliphatic rings. The fraction of sp³-hybridized carbons (Fsp3) is 0.125. The van der Waals surface area contributed by atoms with Gasteiger partial charge in [-0.3, -0.25) is 14.9 Å². The van der Waals surface area contributed by atoms with Crippen molar-refractivity contribution in [2.24, 2.45) is 5.10 Å². The monoisotopic (exact) mass is 313 g/mol. The van der Waals surface area contributed by atoms with Crippen LogP contribution >= 0.6 is 0 Å². The number of amides is 1. The zero-order chi connectivity index (χ0) is 16.7. The fourth-order valence-electron chi connectivity index (χ4n) is 1.93. The second-order valence-electron chi connectivity index (χ2n) is 4.64. The maximum atomic E-state index is 11.8. The van der Waals surface area contributed by atoms with E-state index in [2.05, 4.69) is 10.5 Å². The summed E-state index contributed by atoms with van der Waals surface area (Å²) >= 11 is 0. The molecule has 0 atom stereocenters. The lowest BCUT2D eigenvalue weighted by atomic mass is 10.1. The van der Waals surface area contributed by atoms with E-state index in [1.807, 2.05) is 30.3 Å². The van der Waals surface area contributed by atoms with Crippen LogP contribution in [0.3, 0.4) is 0 Å². The molecule has 0 bridgehead atoms. The summed E-state index contributed by atoms with van der Waals surface area (Å²) in [5.41, 5.74) is 3.58. The van der Waals surface area contributed by atoms with Crippen LogP contribution in [0.5, 0.6) is 5.75 Å². The van der Waals surface area contributed by atoms with Crippen LogP contribution in [0.4, 0.5) is 5.69 Å². The average molecular weight is 313 g/mol. The molecular formula is C16H15N3O4. The van der Waals surface area contributed by atoms with E-state index in [9.17, 15) is 14.9 Å². The number of nitrogens with one attached hydrogen (secondary N) is 1. The summed E-state index contributed by atoms with van der Waals surface area (Å²) in [6, 6.07) is 13.4. The zero-order valence-electron chi connectivity index (χ0n) is 12.4. The first-order valence-corrected chi connectivity index (χ1v) is 6.78. The van der Waals surface area contributed by atoms with E-state index >= 15 is 0 Å². The third-order valence-corrected chi connectivity index (χ3v) is 3.02. The van der Waals surface area contributed by atoms with Gasteiger partial charge in [-0.1, -0.05) is 30.3 Å². The van der Waals surface area contributed by atoms with E-state index < -0.39 is 4.92 Å². The number of benzene rings is 2. The van der Waals surface area contributed by atoms with Gasteiger partial charge in [-0.2, -0.15) is 5.10 Å².